The van der Waals surface area contributed by atoms with Crippen molar-refractivity contribution in [1.29, 1.82) is 0 Å². The van der Waals surface area contributed by atoms with Gasteiger partial charge in [-0.25, -0.2) is 0 Å². The van der Waals surface area contributed by atoms with Gasteiger partial charge in [-0.15, -0.1) is 18.2 Å². The number of benzene rings is 1. The molecule has 0 heterocycles. The fourth-order valence-electron chi connectivity index (χ4n) is 1.58. The fraction of sp³-hybridized carbons (Fsp3) is 0.357. The summed E-state index contributed by atoms with van der Waals surface area (Å²) < 4.78 is 0. The Labute approximate surface area is 113 Å². The Bertz CT molecular complexity index is 477. The van der Waals surface area contributed by atoms with Gasteiger partial charge < -0.3 is 11.1 Å². The number of amides is 1. The van der Waals surface area contributed by atoms with Crippen LogP contribution in [0.25, 0.3) is 0 Å². The van der Waals surface area contributed by atoms with Gasteiger partial charge in [-0.05, 0) is 31.0 Å². The maximum atomic E-state index is 11.9. The van der Waals surface area contributed by atoms with E-state index in [0.717, 1.165) is 16.9 Å². The van der Waals surface area contributed by atoms with Gasteiger partial charge in [0.2, 0.25) is 0 Å². The fourth-order valence-corrected chi connectivity index (χ4v) is 2.09. The van der Waals surface area contributed by atoms with Crippen LogP contribution >= 0.6 is 11.8 Å². The predicted molar refractivity (Wildman–Crippen MR) is 78.8 cm³/mol. The zero-order valence-corrected chi connectivity index (χ0v) is 11.6. The van der Waals surface area contributed by atoms with Crippen molar-refractivity contribution in [2.45, 2.75) is 13.8 Å². The molecule has 0 unspecified atom stereocenters. The number of hydrogen-bond acceptors (Lipinski definition) is 3. The third-order valence-electron chi connectivity index (χ3n) is 2.58. The Balaban J connectivity index is 2.57. The zero-order chi connectivity index (χ0) is 13.5. The molecule has 0 fully saturated rings. The molecule has 0 atom stereocenters. The van der Waals surface area contributed by atoms with Gasteiger partial charge in [-0.1, -0.05) is 12.0 Å². The lowest BCUT2D eigenvalue weighted by Crippen LogP contribution is -2.26. The van der Waals surface area contributed by atoms with Crippen molar-refractivity contribution in [2.24, 2.45) is 0 Å². The first-order valence-electron chi connectivity index (χ1n) is 5.72. The summed E-state index contributed by atoms with van der Waals surface area (Å²) in [7, 11) is 0. The number of hydrogen-bond donors (Lipinski definition) is 2. The number of nitrogens with two attached hydrogens (primary N) is 1. The summed E-state index contributed by atoms with van der Waals surface area (Å²) in [5, 5.41) is 2.86. The number of nitrogens with one attached hydrogen (secondary N) is 1. The highest BCUT2D eigenvalue weighted by atomic mass is 32.2. The molecule has 0 saturated heterocycles. The zero-order valence-electron chi connectivity index (χ0n) is 10.7. The van der Waals surface area contributed by atoms with Crippen molar-refractivity contribution in [2.75, 3.05) is 23.8 Å². The van der Waals surface area contributed by atoms with Crippen LogP contribution in [0.3, 0.4) is 0 Å². The molecule has 0 aromatic heterocycles. The van der Waals surface area contributed by atoms with Crippen LogP contribution in [-0.2, 0) is 0 Å². The van der Waals surface area contributed by atoms with Gasteiger partial charge in [0, 0.05) is 23.5 Å². The Morgan fingerprint density at radius 2 is 2.17 bits per heavy atom. The Kier molecular flexibility index (Phi) is 5.60. The molecule has 1 amide bonds. The van der Waals surface area contributed by atoms with Gasteiger partial charge in [0.1, 0.15) is 0 Å². The first-order chi connectivity index (χ1) is 8.56. The monoisotopic (exact) mass is 262 g/mol. The van der Waals surface area contributed by atoms with E-state index in [1.807, 2.05) is 19.9 Å². The quantitative estimate of drug-likeness (QED) is 0.485. The normalized spacial score (nSPS) is 9.83. The van der Waals surface area contributed by atoms with Crippen molar-refractivity contribution in [3.63, 3.8) is 0 Å². The minimum Gasteiger partial charge on any atom is -0.398 e. The molecule has 0 aliphatic carbocycles. The average Bonchev–Trinajstić information content (AvgIpc) is 2.33. The molecule has 0 spiro atoms. The van der Waals surface area contributed by atoms with Gasteiger partial charge in [-0.2, -0.15) is 0 Å². The lowest BCUT2D eigenvalue weighted by atomic mass is 10.0. The van der Waals surface area contributed by atoms with E-state index in [1.165, 1.54) is 0 Å². The van der Waals surface area contributed by atoms with Crippen LogP contribution in [0.1, 0.15) is 21.5 Å². The molecule has 0 bridgehead atoms. The summed E-state index contributed by atoms with van der Waals surface area (Å²) >= 11 is 1.62. The van der Waals surface area contributed by atoms with E-state index in [0.29, 0.717) is 23.5 Å². The molecule has 0 radical (unpaired) electrons. The van der Waals surface area contributed by atoms with Crippen molar-refractivity contribution in [3.8, 4) is 12.3 Å². The minimum atomic E-state index is -0.0829. The number of carbonyl (C=O) groups is 1. The van der Waals surface area contributed by atoms with E-state index >= 15 is 0 Å². The summed E-state index contributed by atoms with van der Waals surface area (Å²) in [5.74, 6) is 3.95. The van der Waals surface area contributed by atoms with Crippen molar-refractivity contribution >= 4 is 23.4 Å². The van der Waals surface area contributed by atoms with Crippen molar-refractivity contribution in [1.82, 2.24) is 5.32 Å². The van der Waals surface area contributed by atoms with Crippen molar-refractivity contribution < 1.29 is 4.79 Å². The molecule has 0 aliphatic heterocycles. The maximum Gasteiger partial charge on any atom is 0.251 e. The Hall–Kier alpha value is -1.60. The number of nitrogen functional groups attached to an aromatic ring is 1. The topological polar surface area (TPSA) is 55.1 Å². The molecule has 1 aromatic rings. The van der Waals surface area contributed by atoms with E-state index in [9.17, 15) is 4.79 Å². The van der Waals surface area contributed by atoms with E-state index in [4.69, 9.17) is 12.2 Å². The van der Waals surface area contributed by atoms with E-state index < -0.39 is 0 Å². The molecule has 1 aromatic carbocycles. The second-order valence-corrected chi connectivity index (χ2v) is 5.14. The van der Waals surface area contributed by atoms with Crippen LogP contribution in [0.4, 0.5) is 5.69 Å². The van der Waals surface area contributed by atoms with Crippen molar-refractivity contribution in [3.05, 3.63) is 28.8 Å². The van der Waals surface area contributed by atoms with Crippen LogP contribution in [-0.4, -0.2) is 24.0 Å². The second-order valence-electron chi connectivity index (χ2n) is 4.04. The molecule has 18 heavy (non-hydrogen) atoms. The van der Waals surface area contributed by atoms with Crippen LogP contribution < -0.4 is 11.1 Å². The molecule has 0 saturated carbocycles. The van der Waals surface area contributed by atoms with E-state index in [-0.39, 0.29) is 5.91 Å². The minimum absolute atomic E-state index is 0.0829. The largest absolute Gasteiger partial charge is 0.398 e. The van der Waals surface area contributed by atoms with Crippen LogP contribution in [0.2, 0.25) is 0 Å². The second kappa shape index (κ2) is 6.97. The standard InChI is InChI=1S/C14H18N2OS/c1-4-6-18-7-5-16-14(17)12-9-13(15)11(3)8-10(12)2/h1,8-9H,5-7,15H2,2-3H3,(H,16,17). The molecular weight excluding hydrogens is 244 g/mol. The number of aryl methyl sites for hydroxylation is 2. The average molecular weight is 262 g/mol. The summed E-state index contributed by atoms with van der Waals surface area (Å²) in [6, 6.07) is 3.66. The first kappa shape index (κ1) is 14.5. The Morgan fingerprint density at radius 1 is 1.44 bits per heavy atom. The molecule has 1 rings (SSSR count). The molecule has 0 aliphatic rings. The molecule has 3 N–H and O–H groups in total. The maximum absolute atomic E-state index is 11.9. The summed E-state index contributed by atoms with van der Waals surface area (Å²) in [6.45, 7) is 4.45. The first-order valence-corrected chi connectivity index (χ1v) is 6.88. The Morgan fingerprint density at radius 3 is 2.83 bits per heavy atom. The number of carbonyl (C=O) groups excluding carboxylic acids is 1. The molecular formula is C14H18N2OS. The summed E-state index contributed by atoms with van der Waals surface area (Å²) in [5.41, 5.74) is 9.03. The van der Waals surface area contributed by atoms with Crippen LogP contribution in [0.5, 0.6) is 0 Å². The smallest absolute Gasteiger partial charge is 0.251 e. The molecule has 96 valence electrons. The van der Waals surface area contributed by atoms with E-state index in [2.05, 4.69) is 11.2 Å². The number of terminal acetylenes is 1. The number of anilines is 1. The summed E-state index contributed by atoms with van der Waals surface area (Å²) in [4.78, 5) is 11.9. The summed E-state index contributed by atoms with van der Waals surface area (Å²) in [6.07, 6.45) is 5.14. The number of thioether (sulfide) groups is 1. The number of rotatable bonds is 5. The van der Waals surface area contributed by atoms with Gasteiger partial charge >= 0.3 is 0 Å². The van der Waals surface area contributed by atoms with Gasteiger partial charge in [-0.3, -0.25) is 4.79 Å². The lowest BCUT2D eigenvalue weighted by molar-refractivity contribution is 0.0955. The van der Waals surface area contributed by atoms with Crippen LogP contribution in [0, 0.1) is 26.2 Å². The van der Waals surface area contributed by atoms with Gasteiger partial charge in [0.05, 0.1) is 5.75 Å². The predicted octanol–water partition coefficient (Wildman–Crippen LogP) is 1.98. The third kappa shape index (κ3) is 4.01. The highest BCUT2D eigenvalue weighted by molar-refractivity contribution is 7.99. The SMILES string of the molecule is C#CCSCCNC(=O)c1cc(N)c(C)cc1C. The van der Waals surface area contributed by atoms with E-state index in [1.54, 1.807) is 17.8 Å². The van der Waals surface area contributed by atoms with Crippen LogP contribution in [0.15, 0.2) is 12.1 Å². The van der Waals surface area contributed by atoms with Gasteiger partial charge in [0.15, 0.2) is 0 Å². The lowest BCUT2D eigenvalue weighted by Gasteiger charge is -2.10. The highest BCUT2D eigenvalue weighted by Gasteiger charge is 2.10. The highest BCUT2D eigenvalue weighted by Crippen LogP contribution is 2.17. The molecule has 3 nitrogen and oxygen atoms in total. The third-order valence-corrected chi connectivity index (χ3v) is 3.44. The van der Waals surface area contributed by atoms with Gasteiger partial charge in [0.25, 0.3) is 5.91 Å². The molecule has 4 heteroatoms.